The largest absolute Gasteiger partial charge is 0.361 e. The van der Waals surface area contributed by atoms with Crippen LogP contribution < -0.4 is 10.6 Å². The molecule has 1 saturated carbocycles. The van der Waals surface area contributed by atoms with Crippen LogP contribution >= 0.6 is 0 Å². The van der Waals surface area contributed by atoms with Gasteiger partial charge in [-0.2, -0.15) is 0 Å². The summed E-state index contributed by atoms with van der Waals surface area (Å²) in [5.74, 6) is 0.0365. The van der Waals surface area contributed by atoms with Crippen LogP contribution in [0.5, 0.6) is 0 Å². The number of hydrogen-bond acceptors (Lipinski definition) is 2. The lowest BCUT2D eigenvalue weighted by Crippen LogP contribution is -2.41. The molecule has 4 nitrogen and oxygen atoms in total. The molecule has 20 heavy (non-hydrogen) atoms. The molecule has 1 amide bonds. The molecule has 0 atom stereocenters. The Hall–Kier alpha value is -1.81. The van der Waals surface area contributed by atoms with E-state index in [4.69, 9.17) is 0 Å². The number of carbonyl (C=O) groups is 1. The molecule has 0 radical (unpaired) electrons. The van der Waals surface area contributed by atoms with Crippen LogP contribution in [0.2, 0.25) is 0 Å². The molecule has 2 aromatic rings. The lowest BCUT2D eigenvalue weighted by atomic mass is 9.91. The summed E-state index contributed by atoms with van der Waals surface area (Å²) < 4.78 is 0. The first kappa shape index (κ1) is 13.2. The van der Waals surface area contributed by atoms with E-state index in [1.807, 2.05) is 37.5 Å². The maximum absolute atomic E-state index is 12.3. The summed E-state index contributed by atoms with van der Waals surface area (Å²) in [6.45, 7) is 0. The van der Waals surface area contributed by atoms with Crippen LogP contribution in [-0.2, 0) is 0 Å². The molecular formula is C16H21N3O. The Morgan fingerprint density at radius 1 is 1.15 bits per heavy atom. The molecule has 0 saturated heterocycles. The first-order chi connectivity index (χ1) is 9.76. The van der Waals surface area contributed by atoms with Crippen molar-refractivity contribution in [3.63, 3.8) is 0 Å². The molecule has 3 rings (SSSR count). The summed E-state index contributed by atoms with van der Waals surface area (Å²) in [6.07, 6.45) is 6.28. The Labute approximate surface area is 118 Å². The van der Waals surface area contributed by atoms with Crippen molar-refractivity contribution in [3.05, 3.63) is 36.0 Å². The topological polar surface area (TPSA) is 56.9 Å². The van der Waals surface area contributed by atoms with Crippen molar-refractivity contribution in [1.29, 1.82) is 0 Å². The molecule has 0 bridgehead atoms. The number of rotatable bonds is 3. The van der Waals surface area contributed by atoms with Crippen molar-refractivity contribution in [3.8, 4) is 0 Å². The smallest absolute Gasteiger partial charge is 0.251 e. The monoisotopic (exact) mass is 271 g/mol. The zero-order chi connectivity index (χ0) is 13.9. The molecule has 0 aliphatic heterocycles. The van der Waals surface area contributed by atoms with Crippen molar-refractivity contribution in [2.24, 2.45) is 0 Å². The molecule has 1 fully saturated rings. The number of H-pyrrole nitrogens is 1. The third-order valence-corrected chi connectivity index (χ3v) is 4.29. The van der Waals surface area contributed by atoms with Crippen molar-refractivity contribution in [2.45, 2.75) is 37.8 Å². The fourth-order valence-corrected chi connectivity index (χ4v) is 2.98. The van der Waals surface area contributed by atoms with Gasteiger partial charge in [-0.3, -0.25) is 4.79 Å². The van der Waals surface area contributed by atoms with E-state index in [2.05, 4.69) is 15.6 Å². The lowest BCUT2D eigenvalue weighted by Gasteiger charge is -2.28. The second-order valence-corrected chi connectivity index (χ2v) is 5.59. The van der Waals surface area contributed by atoms with Gasteiger partial charge in [-0.25, -0.2) is 0 Å². The van der Waals surface area contributed by atoms with Gasteiger partial charge in [-0.1, -0.05) is 6.07 Å². The summed E-state index contributed by atoms with van der Waals surface area (Å²) in [5, 5.41) is 7.60. The highest BCUT2D eigenvalue weighted by atomic mass is 16.1. The first-order valence-corrected chi connectivity index (χ1v) is 7.31. The van der Waals surface area contributed by atoms with Crippen molar-refractivity contribution in [1.82, 2.24) is 15.6 Å². The fraction of sp³-hybridized carbons (Fsp3) is 0.438. The number of carbonyl (C=O) groups excluding carboxylic acids is 1. The van der Waals surface area contributed by atoms with Gasteiger partial charge in [0.1, 0.15) is 0 Å². The Kier molecular flexibility index (Phi) is 3.74. The van der Waals surface area contributed by atoms with Crippen LogP contribution in [0.25, 0.3) is 10.9 Å². The molecule has 3 N–H and O–H groups in total. The van der Waals surface area contributed by atoms with Crippen LogP contribution in [0.3, 0.4) is 0 Å². The van der Waals surface area contributed by atoms with Crippen molar-refractivity contribution < 1.29 is 4.79 Å². The number of fused-ring (bicyclic) bond motifs is 1. The molecule has 1 aliphatic carbocycles. The average Bonchev–Trinajstić information content (AvgIpc) is 2.95. The molecular weight excluding hydrogens is 250 g/mol. The number of nitrogens with one attached hydrogen (secondary N) is 3. The Morgan fingerprint density at radius 3 is 2.65 bits per heavy atom. The standard InChI is InChI=1S/C16H21N3O/c1-17-13-4-6-14(7-5-13)19-16(20)12-3-2-11-8-9-18-15(11)10-12/h2-3,8-10,13-14,17-18H,4-7H2,1H3,(H,19,20). The van der Waals surface area contributed by atoms with E-state index < -0.39 is 0 Å². The Balaban J connectivity index is 1.64. The molecule has 1 aromatic carbocycles. The van der Waals surface area contributed by atoms with Crippen molar-refractivity contribution in [2.75, 3.05) is 7.05 Å². The van der Waals surface area contributed by atoms with Crippen LogP contribution in [-0.4, -0.2) is 30.0 Å². The fourth-order valence-electron chi connectivity index (χ4n) is 2.98. The molecule has 0 spiro atoms. The van der Waals surface area contributed by atoms with Gasteiger partial charge >= 0.3 is 0 Å². The van der Waals surface area contributed by atoms with Crippen LogP contribution in [0, 0.1) is 0 Å². The predicted molar refractivity (Wildman–Crippen MR) is 80.9 cm³/mol. The van der Waals surface area contributed by atoms with Crippen molar-refractivity contribution >= 4 is 16.8 Å². The summed E-state index contributed by atoms with van der Waals surface area (Å²) in [6, 6.07) is 8.73. The zero-order valence-corrected chi connectivity index (χ0v) is 11.8. The van der Waals surface area contributed by atoms with Gasteiger partial charge in [0.05, 0.1) is 0 Å². The summed E-state index contributed by atoms with van der Waals surface area (Å²) in [5.41, 5.74) is 1.74. The number of aromatic nitrogens is 1. The number of aromatic amines is 1. The molecule has 1 heterocycles. The molecule has 1 aromatic heterocycles. The first-order valence-electron chi connectivity index (χ1n) is 7.31. The third kappa shape index (κ3) is 2.70. The van der Waals surface area contributed by atoms with E-state index >= 15 is 0 Å². The van der Waals surface area contributed by atoms with Crippen LogP contribution in [0.15, 0.2) is 30.5 Å². The lowest BCUT2D eigenvalue weighted by molar-refractivity contribution is 0.0925. The SMILES string of the molecule is CNC1CCC(NC(=O)c2ccc3cc[nH]c3c2)CC1. The van der Waals surface area contributed by atoms with Gasteiger partial charge in [0, 0.05) is 29.4 Å². The minimum absolute atomic E-state index is 0.0365. The second-order valence-electron chi connectivity index (χ2n) is 5.59. The Morgan fingerprint density at radius 2 is 1.90 bits per heavy atom. The second kappa shape index (κ2) is 5.67. The van der Waals surface area contributed by atoms with Crippen LogP contribution in [0.4, 0.5) is 0 Å². The van der Waals surface area contributed by atoms with E-state index in [-0.39, 0.29) is 5.91 Å². The zero-order valence-electron chi connectivity index (χ0n) is 11.8. The Bertz CT molecular complexity index is 597. The van der Waals surface area contributed by atoms with E-state index in [1.54, 1.807) is 0 Å². The van der Waals surface area contributed by atoms with Gasteiger partial charge < -0.3 is 15.6 Å². The molecule has 106 valence electrons. The number of hydrogen-bond donors (Lipinski definition) is 3. The van der Waals surface area contributed by atoms with Crippen LogP contribution in [0.1, 0.15) is 36.0 Å². The van der Waals surface area contributed by atoms with Gasteiger partial charge in [0.2, 0.25) is 0 Å². The molecule has 0 unspecified atom stereocenters. The van der Waals surface area contributed by atoms with E-state index in [9.17, 15) is 4.79 Å². The summed E-state index contributed by atoms with van der Waals surface area (Å²) >= 11 is 0. The quantitative estimate of drug-likeness (QED) is 0.803. The third-order valence-electron chi connectivity index (χ3n) is 4.29. The highest BCUT2D eigenvalue weighted by Crippen LogP contribution is 2.19. The average molecular weight is 271 g/mol. The van der Waals surface area contributed by atoms with Gasteiger partial charge in [0.25, 0.3) is 5.91 Å². The minimum Gasteiger partial charge on any atom is -0.361 e. The highest BCUT2D eigenvalue weighted by Gasteiger charge is 2.21. The maximum atomic E-state index is 12.3. The van der Waals surface area contributed by atoms with E-state index in [1.165, 1.54) is 0 Å². The highest BCUT2D eigenvalue weighted by molar-refractivity contribution is 5.98. The van der Waals surface area contributed by atoms with E-state index in [0.717, 1.165) is 42.1 Å². The summed E-state index contributed by atoms with van der Waals surface area (Å²) in [4.78, 5) is 15.4. The van der Waals surface area contributed by atoms with Gasteiger partial charge in [-0.15, -0.1) is 0 Å². The number of benzene rings is 1. The normalized spacial score (nSPS) is 22.9. The maximum Gasteiger partial charge on any atom is 0.251 e. The molecule has 4 heteroatoms. The van der Waals surface area contributed by atoms with Gasteiger partial charge in [-0.05, 0) is 56.3 Å². The minimum atomic E-state index is 0.0365. The van der Waals surface area contributed by atoms with E-state index in [0.29, 0.717) is 12.1 Å². The number of amides is 1. The molecule has 1 aliphatic rings. The predicted octanol–water partition coefficient (Wildman–Crippen LogP) is 2.43. The van der Waals surface area contributed by atoms with Gasteiger partial charge in [0.15, 0.2) is 0 Å². The summed E-state index contributed by atoms with van der Waals surface area (Å²) in [7, 11) is 2.01.